The van der Waals surface area contributed by atoms with E-state index in [9.17, 15) is 0 Å². The first-order valence-corrected chi connectivity index (χ1v) is 7.81. The van der Waals surface area contributed by atoms with E-state index in [1.807, 2.05) is 30.3 Å². The molecule has 2 heteroatoms. The van der Waals surface area contributed by atoms with Crippen molar-refractivity contribution < 1.29 is 4.74 Å². The summed E-state index contributed by atoms with van der Waals surface area (Å²) in [6, 6.07) is 10.9. The molecule has 0 heterocycles. The highest BCUT2D eigenvalue weighted by atomic mass is 16.5. The maximum Gasteiger partial charge on any atom is 0.119 e. The molecule has 1 aromatic carbocycles. The highest BCUT2D eigenvalue weighted by Gasteiger charge is 2.29. The van der Waals surface area contributed by atoms with Crippen molar-refractivity contribution in [3.8, 4) is 5.75 Å². The number of rotatable bonds is 10. The molecule has 0 saturated heterocycles. The van der Waals surface area contributed by atoms with Crippen molar-refractivity contribution in [2.45, 2.75) is 51.5 Å². The Labute approximate surface area is 117 Å². The van der Waals surface area contributed by atoms with Gasteiger partial charge in [-0.2, -0.15) is 0 Å². The lowest BCUT2D eigenvalue weighted by Crippen LogP contribution is -2.30. The number of ether oxygens (including phenoxy) is 1. The zero-order valence-corrected chi connectivity index (χ0v) is 12.1. The van der Waals surface area contributed by atoms with Gasteiger partial charge in [-0.3, -0.25) is 0 Å². The molecule has 0 aromatic heterocycles. The van der Waals surface area contributed by atoms with Crippen LogP contribution in [0, 0.1) is 5.92 Å². The molecule has 0 spiro atoms. The van der Waals surface area contributed by atoms with Gasteiger partial charge in [0.05, 0.1) is 6.61 Å². The number of hydrogen-bond acceptors (Lipinski definition) is 2. The molecule has 0 aliphatic heterocycles. The first-order chi connectivity index (χ1) is 9.40. The maximum absolute atomic E-state index is 5.70. The van der Waals surface area contributed by atoms with Gasteiger partial charge in [-0.15, -0.1) is 0 Å². The lowest BCUT2D eigenvalue weighted by molar-refractivity contribution is 0.301. The van der Waals surface area contributed by atoms with Crippen molar-refractivity contribution in [3.63, 3.8) is 0 Å². The van der Waals surface area contributed by atoms with Gasteiger partial charge in [0.15, 0.2) is 0 Å². The summed E-state index contributed by atoms with van der Waals surface area (Å²) in [5, 5.41) is 3.63. The third kappa shape index (κ3) is 5.65. The van der Waals surface area contributed by atoms with Crippen LogP contribution >= 0.6 is 0 Å². The second-order valence-corrected chi connectivity index (χ2v) is 5.51. The Morgan fingerprint density at radius 1 is 1.16 bits per heavy atom. The van der Waals surface area contributed by atoms with Crippen molar-refractivity contribution >= 4 is 0 Å². The summed E-state index contributed by atoms with van der Waals surface area (Å²) >= 11 is 0. The van der Waals surface area contributed by atoms with Gasteiger partial charge in [0.25, 0.3) is 0 Å². The van der Waals surface area contributed by atoms with E-state index in [0.717, 1.165) is 30.9 Å². The fourth-order valence-corrected chi connectivity index (χ4v) is 2.62. The molecule has 19 heavy (non-hydrogen) atoms. The van der Waals surface area contributed by atoms with Gasteiger partial charge in [0.2, 0.25) is 0 Å². The van der Waals surface area contributed by atoms with E-state index >= 15 is 0 Å². The Balaban J connectivity index is 1.49. The molecular weight excluding hydrogens is 234 g/mol. The molecule has 0 bridgehead atoms. The Bertz CT molecular complexity index is 334. The standard InChI is InChI=1S/C17H27NO/c1-2-18-17(15-12-13-15)11-7-4-8-14-19-16-9-5-3-6-10-16/h3,5-6,9-10,15,17-18H,2,4,7-8,11-14H2,1H3. The van der Waals surface area contributed by atoms with E-state index in [4.69, 9.17) is 4.74 Å². The minimum atomic E-state index is 0.778. The second kappa shape index (κ2) is 8.21. The normalized spacial score (nSPS) is 16.3. The second-order valence-electron chi connectivity index (χ2n) is 5.51. The number of nitrogens with one attached hydrogen (secondary N) is 1. The molecule has 1 aromatic rings. The summed E-state index contributed by atoms with van der Waals surface area (Å²) in [5.74, 6) is 1.96. The summed E-state index contributed by atoms with van der Waals surface area (Å²) in [4.78, 5) is 0. The number of para-hydroxylation sites is 1. The van der Waals surface area contributed by atoms with E-state index in [1.165, 1.54) is 38.5 Å². The fraction of sp³-hybridized carbons (Fsp3) is 0.647. The largest absolute Gasteiger partial charge is 0.494 e. The molecule has 1 fully saturated rings. The molecule has 0 amide bonds. The van der Waals surface area contributed by atoms with Gasteiger partial charge < -0.3 is 10.1 Å². The predicted octanol–water partition coefficient (Wildman–Crippen LogP) is 4.01. The molecule has 0 radical (unpaired) electrons. The minimum Gasteiger partial charge on any atom is -0.494 e. The van der Waals surface area contributed by atoms with E-state index in [1.54, 1.807) is 0 Å². The highest BCUT2D eigenvalue weighted by Crippen LogP contribution is 2.34. The van der Waals surface area contributed by atoms with Crippen molar-refractivity contribution in [2.24, 2.45) is 5.92 Å². The van der Waals surface area contributed by atoms with Gasteiger partial charge in [-0.1, -0.05) is 38.0 Å². The van der Waals surface area contributed by atoms with Crippen LogP contribution < -0.4 is 10.1 Å². The molecule has 1 N–H and O–H groups in total. The summed E-state index contributed by atoms with van der Waals surface area (Å²) in [7, 11) is 0. The van der Waals surface area contributed by atoms with Crippen LogP contribution in [0.25, 0.3) is 0 Å². The monoisotopic (exact) mass is 261 g/mol. The average Bonchev–Trinajstić information content (AvgIpc) is 3.27. The van der Waals surface area contributed by atoms with Crippen molar-refractivity contribution in [2.75, 3.05) is 13.2 Å². The number of benzene rings is 1. The van der Waals surface area contributed by atoms with Crippen LogP contribution in [0.2, 0.25) is 0 Å². The van der Waals surface area contributed by atoms with Gasteiger partial charge >= 0.3 is 0 Å². The molecule has 2 nitrogen and oxygen atoms in total. The number of unbranched alkanes of at least 4 members (excludes halogenated alkanes) is 2. The summed E-state index contributed by atoms with van der Waals surface area (Å²) in [6.07, 6.45) is 7.99. The Morgan fingerprint density at radius 2 is 1.95 bits per heavy atom. The quantitative estimate of drug-likeness (QED) is 0.642. The van der Waals surface area contributed by atoms with Crippen molar-refractivity contribution in [3.05, 3.63) is 30.3 Å². The maximum atomic E-state index is 5.70. The van der Waals surface area contributed by atoms with Crippen LogP contribution in [0.3, 0.4) is 0 Å². The fourth-order valence-electron chi connectivity index (χ4n) is 2.62. The van der Waals surface area contributed by atoms with E-state index in [0.29, 0.717) is 0 Å². The van der Waals surface area contributed by atoms with E-state index < -0.39 is 0 Å². The first-order valence-electron chi connectivity index (χ1n) is 7.81. The topological polar surface area (TPSA) is 21.3 Å². The summed E-state index contributed by atoms with van der Waals surface area (Å²) < 4.78 is 5.70. The molecule has 1 atom stereocenters. The molecule has 1 aliphatic rings. The lowest BCUT2D eigenvalue weighted by Gasteiger charge is -2.16. The van der Waals surface area contributed by atoms with E-state index in [2.05, 4.69) is 12.2 Å². The van der Waals surface area contributed by atoms with Crippen LogP contribution in [0.15, 0.2) is 30.3 Å². The SMILES string of the molecule is CCNC(CCCCCOc1ccccc1)C1CC1. The molecule has 106 valence electrons. The average molecular weight is 261 g/mol. The Kier molecular flexibility index (Phi) is 6.22. The van der Waals surface area contributed by atoms with Crippen molar-refractivity contribution in [1.82, 2.24) is 5.32 Å². The van der Waals surface area contributed by atoms with Crippen LogP contribution in [0.1, 0.15) is 45.4 Å². The van der Waals surface area contributed by atoms with Gasteiger partial charge in [-0.25, -0.2) is 0 Å². The first kappa shape index (κ1) is 14.4. The summed E-state index contributed by atoms with van der Waals surface area (Å²) in [5.41, 5.74) is 0. The molecule has 2 rings (SSSR count). The molecule has 1 aliphatic carbocycles. The third-order valence-electron chi connectivity index (χ3n) is 3.83. The van der Waals surface area contributed by atoms with E-state index in [-0.39, 0.29) is 0 Å². The van der Waals surface area contributed by atoms with Crippen LogP contribution in [-0.4, -0.2) is 19.2 Å². The molecule has 1 unspecified atom stereocenters. The molecular formula is C17H27NO. The van der Waals surface area contributed by atoms with Crippen LogP contribution in [0.4, 0.5) is 0 Å². The van der Waals surface area contributed by atoms with Crippen LogP contribution in [-0.2, 0) is 0 Å². The van der Waals surface area contributed by atoms with Gasteiger partial charge in [0, 0.05) is 6.04 Å². The zero-order valence-electron chi connectivity index (χ0n) is 12.1. The Morgan fingerprint density at radius 3 is 2.63 bits per heavy atom. The molecule has 1 saturated carbocycles. The van der Waals surface area contributed by atoms with Crippen LogP contribution in [0.5, 0.6) is 5.75 Å². The summed E-state index contributed by atoms with van der Waals surface area (Å²) in [6.45, 7) is 4.17. The number of hydrogen-bond donors (Lipinski definition) is 1. The smallest absolute Gasteiger partial charge is 0.119 e. The minimum absolute atomic E-state index is 0.778. The van der Waals surface area contributed by atoms with Gasteiger partial charge in [-0.05, 0) is 50.3 Å². The zero-order chi connectivity index (χ0) is 13.3. The highest BCUT2D eigenvalue weighted by molar-refractivity contribution is 5.20. The third-order valence-corrected chi connectivity index (χ3v) is 3.83. The predicted molar refractivity (Wildman–Crippen MR) is 80.6 cm³/mol. The van der Waals surface area contributed by atoms with Gasteiger partial charge in [0.1, 0.15) is 5.75 Å². The van der Waals surface area contributed by atoms with Crippen molar-refractivity contribution in [1.29, 1.82) is 0 Å². The Hall–Kier alpha value is -1.02. The lowest BCUT2D eigenvalue weighted by atomic mass is 10.0.